The van der Waals surface area contributed by atoms with Crippen molar-refractivity contribution in [1.82, 2.24) is 4.90 Å². The van der Waals surface area contributed by atoms with Crippen LogP contribution in [-0.2, 0) is 6.61 Å². The molecule has 5 nitrogen and oxygen atoms in total. The first-order chi connectivity index (χ1) is 12.8. The molecule has 1 atom stereocenters. The van der Waals surface area contributed by atoms with Crippen molar-refractivity contribution < 1.29 is 13.9 Å². The van der Waals surface area contributed by atoms with Gasteiger partial charge in [0.2, 0.25) is 0 Å². The highest BCUT2D eigenvalue weighted by Crippen LogP contribution is 2.29. The second kappa shape index (κ2) is 8.46. The number of para-hydroxylation sites is 2. The van der Waals surface area contributed by atoms with E-state index in [0.717, 1.165) is 29.7 Å². The van der Waals surface area contributed by atoms with E-state index in [4.69, 9.17) is 14.9 Å². The van der Waals surface area contributed by atoms with Gasteiger partial charge in [-0.3, -0.25) is 4.79 Å². The number of benzene rings is 2. The number of rotatable bonds is 5. The van der Waals surface area contributed by atoms with Gasteiger partial charge in [0.25, 0.3) is 5.91 Å². The smallest absolute Gasteiger partial charge is 0.290 e. The number of amides is 1. The maximum atomic E-state index is 13.0. The summed E-state index contributed by atoms with van der Waals surface area (Å²) < 4.78 is 11.8. The number of likely N-dealkylation sites (tertiary alicyclic amines) is 1. The molecule has 1 aliphatic heterocycles. The molecule has 0 radical (unpaired) electrons. The van der Waals surface area contributed by atoms with Crippen molar-refractivity contribution in [2.45, 2.75) is 13.0 Å². The van der Waals surface area contributed by atoms with Crippen molar-refractivity contribution >= 4 is 29.3 Å². The van der Waals surface area contributed by atoms with Crippen LogP contribution in [0.15, 0.2) is 59.0 Å². The third-order valence-electron chi connectivity index (χ3n) is 4.93. The van der Waals surface area contributed by atoms with Gasteiger partial charge in [0, 0.05) is 24.0 Å². The first-order valence-electron chi connectivity index (χ1n) is 8.94. The number of hydrogen-bond acceptors (Lipinski definition) is 4. The number of carbonyl (C=O) groups is 1. The average molecular weight is 387 g/mol. The summed E-state index contributed by atoms with van der Waals surface area (Å²) in [5.74, 6) is 1.43. The molecule has 0 spiro atoms. The van der Waals surface area contributed by atoms with E-state index in [1.165, 1.54) is 0 Å². The molecule has 0 bridgehead atoms. The lowest BCUT2D eigenvalue weighted by Gasteiger charge is -2.15. The molecule has 1 aliphatic rings. The summed E-state index contributed by atoms with van der Waals surface area (Å²) in [5.41, 5.74) is 7.26. The molecule has 2 heterocycles. The van der Waals surface area contributed by atoms with E-state index in [2.05, 4.69) is 0 Å². The molecule has 0 saturated carbocycles. The van der Waals surface area contributed by atoms with Crippen LogP contribution in [0.3, 0.4) is 0 Å². The van der Waals surface area contributed by atoms with Crippen molar-refractivity contribution in [3.05, 3.63) is 65.9 Å². The first-order valence-corrected chi connectivity index (χ1v) is 8.94. The molecule has 27 heavy (non-hydrogen) atoms. The van der Waals surface area contributed by atoms with E-state index in [-0.39, 0.29) is 24.9 Å². The summed E-state index contributed by atoms with van der Waals surface area (Å²) in [6.45, 7) is 2.30. The summed E-state index contributed by atoms with van der Waals surface area (Å²) in [7, 11) is 0. The van der Waals surface area contributed by atoms with Crippen LogP contribution < -0.4 is 10.5 Å². The number of ether oxygens (including phenoxy) is 1. The molecule has 1 unspecified atom stereocenters. The van der Waals surface area contributed by atoms with E-state index in [1.54, 1.807) is 0 Å². The molecule has 1 amide bonds. The standard InChI is InChI=1S/C21H22N2O3.ClH/c22-12-15-10-11-23(13-15)21(24)20-18(14-25-16-6-2-1-3-7-16)17-8-4-5-9-19(17)26-20;/h1-9,15H,10-14,22H2;1H. The third-order valence-corrected chi connectivity index (χ3v) is 4.93. The van der Waals surface area contributed by atoms with E-state index >= 15 is 0 Å². The Hall–Kier alpha value is -2.50. The lowest BCUT2D eigenvalue weighted by Crippen LogP contribution is -2.30. The highest BCUT2D eigenvalue weighted by molar-refractivity contribution is 5.99. The maximum Gasteiger partial charge on any atom is 0.290 e. The Morgan fingerprint density at radius 3 is 2.63 bits per heavy atom. The van der Waals surface area contributed by atoms with Gasteiger partial charge in [-0.1, -0.05) is 36.4 Å². The molecule has 6 heteroatoms. The average Bonchev–Trinajstić information content (AvgIpc) is 3.31. The summed E-state index contributed by atoms with van der Waals surface area (Å²) in [5, 5.41) is 0.918. The van der Waals surface area contributed by atoms with Crippen molar-refractivity contribution in [1.29, 1.82) is 0 Å². The first kappa shape index (κ1) is 19.3. The number of furan rings is 1. The Bertz CT molecular complexity index is 910. The second-order valence-electron chi connectivity index (χ2n) is 6.65. The van der Waals surface area contributed by atoms with Crippen molar-refractivity contribution in [2.75, 3.05) is 19.6 Å². The Kier molecular flexibility index (Phi) is 6.04. The second-order valence-corrected chi connectivity index (χ2v) is 6.65. The molecule has 1 fully saturated rings. The van der Waals surface area contributed by atoms with E-state index < -0.39 is 0 Å². The van der Waals surface area contributed by atoms with E-state index in [9.17, 15) is 4.79 Å². The Labute approximate surface area is 164 Å². The quantitative estimate of drug-likeness (QED) is 0.723. The number of nitrogens with zero attached hydrogens (tertiary/aromatic N) is 1. The lowest BCUT2D eigenvalue weighted by molar-refractivity contribution is 0.0754. The third kappa shape index (κ3) is 3.94. The van der Waals surface area contributed by atoms with Crippen LogP contribution in [0.5, 0.6) is 5.75 Å². The van der Waals surface area contributed by atoms with Gasteiger partial charge in [-0.2, -0.15) is 0 Å². The molecule has 2 N–H and O–H groups in total. The molecule has 142 valence electrons. The van der Waals surface area contributed by atoms with Gasteiger partial charge in [-0.25, -0.2) is 0 Å². The predicted octanol–water partition coefficient (Wildman–Crippen LogP) is 3.85. The van der Waals surface area contributed by atoms with Crippen LogP contribution in [0.1, 0.15) is 22.5 Å². The number of fused-ring (bicyclic) bond motifs is 1. The summed E-state index contributed by atoms with van der Waals surface area (Å²) >= 11 is 0. The zero-order valence-electron chi connectivity index (χ0n) is 15.0. The maximum absolute atomic E-state index is 13.0. The molecule has 1 aromatic heterocycles. The number of nitrogens with two attached hydrogens (primary N) is 1. The molecule has 0 aliphatic carbocycles. The lowest BCUT2D eigenvalue weighted by atomic mass is 10.1. The van der Waals surface area contributed by atoms with Crippen LogP contribution in [0.2, 0.25) is 0 Å². The molecule has 1 saturated heterocycles. The minimum atomic E-state index is -0.0798. The Morgan fingerprint density at radius 2 is 1.89 bits per heavy atom. The monoisotopic (exact) mass is 386 g/mol. The Balaban J connectivity index is 0.00000210. The number of halogens is 1. The van der Waals surface area contributed by atoms with Gasteiger partial charge >= 0.3 is 0 Å². The predicted molar refractivity (Wildman–Crippen MR) is 107 cm³/mol. The van der Waals surface area contributed by atoms with Crippen LogP contribution in [-0.4, -0.2) is 30.4 Å². The van der Waals surface area contributed by atoms with Gasteiger partial charge in [0.15, 0.2) is 5.76 Å². The highest BCUT2D eigenvalue weighted by atomic mass is 35.5. The van der Waals surface area contributed by atoms with Gasteiger partial charge < -0.3 is 19.8 Å². The zero-order valence-corrected chi connectivity index (χ0v) is 15.8. The van der Waals surface area contributed by atoms with Gasteiger partial charge in [-0.05, 0) is 37.1 Å². The zero-order chi connectivity index (χ0) is 17.9. The number of hydrogen-bond donors (Lipinski definition) is 1. The van der Waals surface area contributed by atoms with Crippen molar-refractivity contribution in [2.24, 2.45) is 11.7 Å². The van der Waals surface area contributed by atoms with Crippen LogP contribution >= 0.6 is 12.4 Å². The van der Waals surface area contributed by atoms with Gasteiger partial charge in [0.05, 0.1) is 0 Å². The molecular weight excluding hydrogens is 364 g/mol. The summed E-state index contributed by atoms with van der Waals surface area (Å²) in [6, 6.07) is 17.3. The van der Waals surface area contributed by atoms with E-state index in [1.807, 2.05) is 59.5 Å². The normalized spacial score (nSPS) is 16.3. The molecule has 4 rings (SSSR count). The van der Waals surface area contributed by atoms with E-state index in [0.29, 0.717) is 30.4 Å². The minimum Gasteiger partial charge on any atom is -0.489 e. The number of carbonyl (C=O) groups excluding carboxylic acids is 1. The highest BCUT2D eigenvalue weighted by Gasteiger charge is 2.30. The minimum absolute atomic E-state index is 0. The fraction of sp³-hybridized carbons (Fsp3) is 0.286. The van der Waals surface area contributed by atoms with Gasteiger partial charge in [0.1, 0.15) is 17.9 Å². The topological polar surface area (TPSA) is 68.7 Å². The molecule has 2 aromatic carbocycles. The van der Waals surface area contributed by atoms with Crippen LogP contribution in [0.4, 0.5) is 0 Å². The van der Waals surface area contributed by atoms with Crippen molar-refractivity contribution in [3.63, 3.8) is 0 Å². The Morgan fingerprint density at radius 1 is 1.15 bits per heavy atom. The van der Waals surface area contributed by atoms with Crippen molar-refractivity contribution in [3.8, 4) is 5.75 Å². The fourth-order valence-electron chi connectivity index (χ4n) is 3.44. The van der Waals surface area contributed by atoms with Gasteiger partial charge in [-0.15, -0.1) is 12.4 Å². The summed E-state index contributed by atoms with van der Waals surface area (Å²) in [6.07, 6.45) is 0.943. The van der Waals surface area contributed by atoms with Crippen LogP contribution in [0, 0.1) is 5.92 Å². The molecule has 3 aromatic rings. The largest absolute Gasteiger partial charge is 0.489 e. The fourth-order valence-corrected chi connectivity index (χ4v) is 3.44. The summed E-state index contributed by atoms with van der Waals surface area (Å²) in [4.78, 5) is 14.9. The van der Waals surface area contributed by atoms with Crippen LogP contribution in [0.25, 0.3) is 11.0 Å². The SMILES string of the molecule is Cl.NCC1CCN(C(=O)c2oc3ccccc3c2COc2ccccc2)C1. The molecular formula is C21H23ClN2O3.